The summed E-state index contributed by atoms with van der Waals surface area (Å²) in [6.45, 7) is 8.50. The summed E-state index contributed by atoms with van der Waals surface area (Å²) in [6.07, 6.45) is 5.16. The molecule has 0 radical (unpaired) electrons. The van der Waals surface area contributed by atoms with Crippen molar-refractivity contribution in [2.45, 2.75) is 58.9 Å². The summed E-state index contributed by atoms with van der Waals surface area (Å²) in [6, 6.07) is -0.265. The lowest BCUT2D eigenvalue weighted by molar-refractivity contribution is -0.143. The Balaban J connectivity index is 2.61. The predicted octanol–water partition coefficient (Wildman–Crippen LogP) is 2.75. The maximum atomic E-state index is 11.2. The Morgan fingerprint density at radius 2 is 2.06 bits per heavy atom. The average molecular weight is 227 g/mol. The van der Waals surface area contributed by atoms with Gasteiger partial charge in [-0.05, 0) is 44.2 Å². The molecular weight excluding hydrogens is 202 g/mol. The van der Waals surface area contributed by atoms with E-state index in [2.05, 4.69) is 25.7 Å². The van der Waals surface area contributed by atoms with Crippen molar-refractivity contribution in [3.05, 3.63) is 0 Å². The standard InChI is InChI=1S/C13H25NO2/c1-4-6-11(12(15)16)14-9-5-7-13(2,3)8-10-14/h11H,4-10H2,1-3H3,(H,15,16). The number of aliphatic carboxylic acids is 1. The Bertz CT molecular complexity index is 238. The summed E-state index contributed by atoms with van der Waals surface area (Å²) in [4.78, 5) is 13.4. The zero-order valence-corrected chi connectivity index (χ0v) is 10.8. The molecule has 1 fully saturated rings. The van der Waals surface area contributed by atoms with Crippen molar-refractivity contribution in [2.24, 2.45) is 5.41 Å². The Labute approximate surface area is 98.8 Å². The average Bonchev–Trinajstić information content (AvgIpc) is 2.35. The van der Waals surface area contributed by atoms with Gasteiger partial charge in [-0.3, -0.25) is 9.69 Å². The fraction of sp³-hybridized carbons (Fsp3) is 0.923. The molecule has 0 amide bonds. The lowest BCUT2D eigenvalue weighted by atomic mass is 9.85. The minimum atomic E-state index is -0.651. The number of carboxylic acids is 1. The number of carboxylic acid groups (broad SMARTS) is 1. The number of hydrogen-bond donors (Lipinski definition) is 1. The van der Waals surface area contributed by atoms with E-state index >= 15 is 0 Å². The van der Waals surface area contributed by atoms with E-state index in [-0.39, 0.29) is 6.04 Å². The molecule has 1 N–H and O–H groups in total. The van der Waals surface area contributed by atoms with Gasteiger partial charge < -0.3 is 5.11 Å². The first kappa shape index (κ1) is 13.5. The Morgan fingerprint density at radius 1 is 1.38 bits per heavy atom. The summed E-state index contributed by atoms with van der Waals surface area (Å²) in [7, 11) is 0. The number of carbonyl (C=O) groups is 1. The molecule has 16 heavy (non-hydrogen) atoms. The van der Waals surface area contributed by atoms with Crippen LogP contribution in [0.15, 0.2) is 0 Å². The quantitative estimate of drug-likeness (QED) is 0.803. The maximum absolute atomic E-state index is 11.2. The molecule has 0 bridgehead atoms. The second kappa shape index (κ2) is 5.67. The van der Waals surface area contributed by atoms with Gasteiger partial charge in [-0.15, -0.1) is 0 Å². The summed E-state index contributed by atoms with van der Waals surface area (Å²) < 4.78 is 0. The number of hydrogen-bond acceptors (Lipinski definition) is 2. The van der Waals surface area contributed by atoms with Crippen molar-refractivity contribution in [3.8, 4) is 0 Å². The van der Waals surface area contributed by atoms with Gasteiger partial charge in [0.15, 0.2) is 0 Å². The minimum absolute atomic E-state index is 0.265. The Hall–Kier alpha value is -0.570. The van der Waals surface area contributed by atoms with Crippen LogP contribution in [0.2, 0.25) is 0 Å². The third kappa shape index (κ3) is 3.78. The highest BCUT2D eigenvalue weighted by molar-refractivity contribution is 5.73. The fourth-order valence-electron chi connectivity index (χ4n) is 2.49. The van der Waals surface area contributed by atoms with E-state index in [1.54, 1.807) is 0 Å². The van der Waals surface area contributed by atoms with Crippen molar-refractivity contribution in [2.75, 3.05) is 13.1 Å². The van der Waals surface area contributed by atoms with Gasteiger partial charge in [0.1, 0.15) is 6.04 Å². The lowest BCUT2D eigenvalue weighted by Gasteiger charge is -2.28. The van der Waals surface area contributed by atoms with Crippen molar-refractivity contribution >= 4 is 5.97 Å². The van der Waals surface area contributed by atoms with Crippen LogP contribution in [-0.4, -0.2) is 35.1 Å². The molecule has 3 nitrogen and oxygen atoms in total. The lowest BCUT2D eigenvalue weighted by Crippen LogP contribution is -2.41. The molecule has 3 heteroatoms. The van der Waals surface area contributed by atoms with Crippen LogP contribution < -0.4 is 0 Å². The summed E-state index contributed by atoms with van der Waals surface area (Å²) in [5.74, 6) is -0.651. The summed E-state index contributed by atoms with van der Waals surface area (Å²) in [5, 5.41) is 9.24. The van der Waals surface area contributed by atoms with Crippen molar-refractivity contribution in [3.63, 3.8) is 0 Å². The van der Waals surface area contributed by atoms with E-state index in [4.69, 9.17) is 0 Å². The molecule has 1 atom stereocenters. The van der Waals surface area contributed by atoms with Crippen LogP contribution in [0, 0.1) is 5.41 Å². The van der Waals surface area contributed by atoms with Gasteiger partial charge >= 0.3 is 5.97 Å². The van der Waals surface area contributed by atoms with E-state index in [1.807, 2.05) is 0 Å². The summed E-state index contributed by atoms with van der Waals surface area (Å²) >= 11 is 0. The van der Waals surface area contributed by atoms with Gasteiger partial charge in [-0.25, -0.2) is 0 Å². The molecule has 0 aromatic heterocycles. The molecule has 1 aliphatic rings. The molecule has 1 saturated heterocycles. The van der Waals surface area contributed by atoms with E-state index in [0.717, 1.165) is 38.8 Å². The molecule has 1 rings (SSSR count). The molecule has 1 unspecified atom stereocenters. The predicted molar refractivity (Wildman–Crippen MR) is 65.5 cm³/mol. The number of nitrogens with zero attached hydrogens (tertiary/aromatic N) is 1. The Kier molecular flexibility index (Phi) is 4.78. The third-order valence-corrected chi connectivity index (χ3v) is 3.66. The highest BCUT2D eigenvalue weighted by Crippen LogP contribution is 2.30. The highest BCUT2D eigenvalue weighted by Gasteiger charge is 2.29. The second-order valence-electron chi connectivity index (χ2n) is 5.70. The van der Waals surface area contributed by atoms with Gasteiger partial charge in [-0.2, -0.15) is 0 Å². The van der Waals surface area contributed by atoms with E-state index < -0.39 is 5.97 Å². The van der Waals surface area contributed by atoms with E-state index in [9.17, 15) is 9.90 Å². The van der Waals surface area contributed by atoms with Crippen molar-refractivity contribution in [1.29, 1.82) is 0 Å². The van der Waals surface area contributed by atoms with Crippen molar-refractivity contribution < 1.29 is 9.90 Å². The first-order valence-corrected chi connectivity index (χ1v) is 6.43. The normalized spacial score (nSPS) is 23.7. The van der Waals surface area contributed by atoms with Crippen LogP contribution in [0.5, 0.6) is 0 Å². The zero-order chi connectivity index (χ0) is 12.2. The smallest absolute Gasteiger partial charge is 0.320 e. The largest absolute Gasteiger partial charge is 0.480 e. The number of rotatable bonds is 4. The van der Waals surface area contributed by atoms with Crippen LogP contribution in [0.25, 0.3) is 0 Å². The van der Waals surface area contributed by atoms with Crippen LogP contribution in [0.3, 0.4) is 0 Å². The molecule has 0 aliphatic carbocycles. The molecule has 94 valence electrons. The van der Waals surface area contributed by atoms with Gasteiger partial charge in [0.25, 0.3) is 0 Å². The van der Waals surface area contributed by atoms with Gasteiger partial charge in [0, 0.05) is 0 Å². The second-order valence-corrected chi connectivity index (χ2v) is 5.70. The first-order chi connectivity index (χ1) is 7.46. The summed E-state index contributed by atoms with van der Waals surface area (Å²) in [5.41, 5.74) is 0.379. The highest BCUT2D eigenvalue weighted by atomic mass is 16.4. The van der Waals surface area contributed by atoms with Crippen LogP contribution in [-0.2, 0) is 4.79 Å². The molecule has 0 aromatic rings. The van der Waals surface area contributed by atoms with Gasteiger partial charge in [0.2, 0.25) is 0 Å². The van der Waals surface area contributed by atoms with Gasteiger partial charge in [-0.1, -0.05) is 27.2 Å². The molecule has 1 aliphatic heterocycles. The molecule has 1 heterocycles. The van der Waals surface area contributed by atoms with Crippen LogP contribution in [0.1, 0.15) is 52.9 Å². The van der Waals surface area contributed by atoms with Crippen LogP contribution >= 0.6 is 0 Å². The topological polar surface area (TPSA) is 40.5 Å². The molecule has 0 aromatic carbocycles. The number of likely N-dealkylation sites (tertiary alicyclic amines) is 1. The third-order valence-electron chi connectivity index (χ3n) is 3.66. The molecule has 0 spiro atoms. The van der Waals surface area contributed by atoms with Gasteiger partial charge in [0.05, 0.1) is 0 Å². The van der Waals surface area contributed by atoms with E-state index in [1.165, 1.54) is 6.42 Å². The zero-order valence-electron chi connectivity index (χ0n) is 10.8. The first-order valence-electron chi connectivity index (χ1n) is 6.43. The van der Waals surface area contributed by atoms with Crippen molar-refractivity contribution in [1.82, 2.24) is 4.90 Å². The monoisotopic (exact) mass is 227 g/mol. The van der Waals surface area contributed by atoms with Crippen LogP contribution in [0.4, 0.5) is 0 Å². The minimum Gasteiger partial charge on any atom is -0.480 e. The molecular formula is C13H25NO2. The SMILES string of the molecule is CCCC(C(=O)O)N1CCCC(C)(C)CC1. The maximum Gasteiger partial charge on any atom is 0.320 e. The molecule has 0 saturated carbocycles. The Morgan fingerprint density at radius 3 is 2.62 bits per heavy atom. The fourth-order valence-corrected chi connectivity index (χ4v) is 2.49. The van der Waals surface area contributed by atoms with E-state index in [0.29, 0.717) is 5.41 Å².